The third-order valence-corrected chi connectivity index (χ3v) is 3.06. The molecule has 1 saturated carbocycles. The zero-order valence-corrected chi connectivity index (χ0v) is 7.25. The van der Waals surface area contributed by atoms with E-state index in [-0.39, 0.29) is 0 Å². The number of rotatable bonds is 0. The Kier molecular flexibility index (Phi) is 2.14. The summed E-state index contributed by atoms with van der Waals surface area (Å²) in [6, 6.07) is 0.831. The molecule has 0 unspecified atom stereocenters. The number of nitrogens with zero attached hydrogens (tertiary/aromatic N) is 1. The van der Waals surface area contributed by atoms with Crippen molar-refractivity contribution in [1.29, 1.82) is 0 Å². The van der Waals surface area contributed by atoms with Gasteiger partial charge >= 0.3 is 0 Å². The Morgan fingerprint density at radius 2 is 2.09 bits per heavy atom. The van der Waals surface area contributed by atoms with Gasteiger partial charge in [0.2, 0.25) is 0 Å². The fraction of sp³-hybridized carbons (Fsp3) is 1.00. The first-order valence-electron chi connectivity index (χ1n) is 4.66. The van der Waals surface area contributed by atoms with Crippen molar-refractivity contribution in [2.24, 2.45) is 5.92 Å². The third kappa shape index (κ3) is 1.42. The quantitative estimate of drug-likeness (QED) is 0.525. The van der Waals surface area contributed by atoms with Crippen molar-refractivity contribution < 1.29 is 4.74 Å². The topological polar surface area (TPSA) is 12.5 Å². The zero-order chi connectivity index (χ0) is 7.68. The van der Waals surface area contributed by atoms with Crippen LogP contribution in [-0.4, -0.2) is 31.3 Å². The maximum atomic E-state index is 5.48. The summed E-state index contributed by atoms with van der Waals surface area (Å²) < 4.78 is 5.48. The van der Waals surface area contributed by atoms with Crippen LogP contribution >= 0.6 is 0 Å². The molecule has 0 aromatic heterocycles. The summed E-state index contributed by atoms with van der Waals surface area (Å²) in [5.41, 5.74) is 0. The SMILES string of the molecule is CN1COC[C@H]2CCCC[C@H]21. The predicted molar refractivity (Wildman–Crippen MR) is 44.3 cm³/mol. The second-order valence-corrected chi connectivity index (χ2v) is 3.87. The Hall–Kier alpha value is -0.0800. The lowest BCUT2D eigenvalue weighted by Gasteiger charge is -2.41. The molecule has 2 rings (SSSR count). The number of ether oxygens (including phenoxy) is 1. The molecule has 2 aliphatic rings. The van der Waals surface area contributed by atoms with Crippen LogP contribution in [0.15, 0.2) is 0 Å². The van der Waals surface area contributed by atoms with Crippen LogP contribution < -0.4 is 0 Å². The number of fused-ring (bicyclic) bond motifs is 1. The Balaban J connectivity index is 1.99. The summed E-state index contributed by atoms with van der Waals surface area (Å²) in [5, 5.41) is 0. The summed E-state index contributed by atoms with van der Waals surface area (Å²) in [4.78, 5) is 2.37. The van der Waals surface area contributed by atoms with Crippen LogP contribution in [0.2, 0.25) is 0 Å². The van der Waals surface area contributed by atoms with Crippen molar-refractivity contribution in [2.75, 3.05) is 20.4 Å². The minimum atomic E-state index is 0.831. The van der Waals surface area contributed by atoms with Gasteiger partial charge in [-0.25, -0.2) is 0 Å². The molecule has 1 saturated heterocycles. The molecule has 1 aliphatic heterocycles. The van der Waals surface area contributed by atoms with Crippen LogP contribution in [0.4, 0.5) is 0 Å². The van der Waals surface area contributed by atoms with Gasteiger partial charge in [-0.05, 0) is 25.8 Å². The Morgan fingerprint density at radius 1 is 1.27 bits per heavy atom. The van der Waals surface area contributed by atoms with E-state index in [4.69, 9.17) is 4.74 Å². The molecule has 1 aliphatic carbocycles. The molecule has 1 heterocycles. The van der Waals surface area contributed by atoms with Gasteiger partial charge in [0.25, 0.3) is 0 Å². The van der Waals surface area contributed by atoms with Gasteiger partial charge in [0, 0.05) is 6.04 Å². The second-order valence-electron chi connectivity index (χ2n) is 3.87. The monoisotopic (exact) mass is 155 g/mol. The zero-order valence-electron chi connectivity index (χ0n) is 7.25. The smallest absolute Gasteiger partial charge is 0.0990 e. The minimum Gasteiger partial charge on any atom is -0.366 e. The van der Waals surface area contributed by atoms with Crippen LogP contribution in [0.25, 0.3) is 0 Å². The molecule has 11 heavy (non-hydrogen) atoms. The highest BCUT2D eigenvalue weighted by Crippen LogP contribution is 2.30. The van der Waals surface area contributed by atoms with Gasteiger partial charge in [-0.3, -0.25) is 4.90 Å². The van der Waals surface area contributed by atoms with Crippen molar-refractivity contribution in [1.82, 2.24) is 4.90 Å². The summed E-state index contributed by atoms with van der Waals surface area (Å²) in [5.74, 6) is 0.836. The molecule has 0 amide bonds. The molecule has 0 spiro atoms. The van der Waals surface area contributed by atoms with Crippen molar-refractivity contribution >= 4 is 0 Å². The van der Waals surface area contributed by atoms with E-state index in [1.54, 1.807) is 0 Å². The van der Waals surface area contributed by atoms with E-state index in [1.165, 1.54) is 25.7 Å². The van der Waals surface area contributed by atoms with Crippen LogP contribution in [0.1, 0.15) is 25.7 Å². The first-order valence-corrected chi connectivity index (χ1v) is 4.66. The van der Waals surface area contributed by atoms with E-state index in [2.05, 4.69) is 11.9 Å². The molecular formula is C9H17NO. The maximum absolute atomic E-state index is 5.48. The van der Waals surface area contributed by atoms with Crippen LogP contribution in [0.5, 0.6) is 0 Å². The molecule has 0 radical (unpaired) electrons. The van der Waals surface area contributed by atoms with E-state index >= 15 is 0 Å². The van der Waals surface area contributed by atoms with E-state index in [0.29, 0.717) is 0 Å². The van der Waals surface area contributed by atoms with Gasteiger partial charge in [0.1, 0.15) is 0 Å². The predicted octanol–water partition coefficient (Wildman–Crippen LogP) is 1.46. The van der Waals surface area contributed by atoms with Crippen LogP contribution in [-0.2, 0) is 4.74 Å². The molecule has 2 heteroatoms. The second kappa shape index (κ2) is 3.11. The molecule has 0 bridgehead atoms. The average molecular weight is 155 g/mol. The number of hydrogen-bond acceptors (Lipinski definition) is 2. The van der Waals surface area contributed by atoms with Crippen molar-refractivity contribution in [3.05, 3.63) is 0 Å². The summed E-state index contributed by atoms with van der Waals surface area (Å²) in [6.07, 6.45) is 5.61. The van der Waals surface area contributed by atoms with Gasteiger partial charge in [-0.1, -0.05) is 12.8 Å². The molecule has 2 fully saturated rings. The van der Waals surface area contributed by atoms with Gasteiger partial charge in [0.05, 0.1) is 13.3 Å². The standard InChI is InChI=1S/C9H17NO/c1-10-7-11-6-8-4-2-3-5-9(8)10/h8-9H,2-7H2,1H3/t8-,9-/m1/s1. The normalized spacial score (nSPS) is 40.1. The number of hydrogen-bond donors (Lipinski definition) is 0. The minimum absolute atomic E-state index is 0.831. The maximum Gasteiger partial charge on any atom is 0.0990 e. The summed E-state index contributed by atoms with van der Waals surface area (Å²) in [7, 11) is 2.18. The van der Waals surface area contributed by atoms with Gasteiger partial charge in [-0.15, -0.1) is 0 Å². The average Bonchev–Trinajstić information content (AvgIpc) is 2.06. The van der Waals surface area contributed by atoms with E-state index in [9.17, 15) is 0 Å². The lowest BCUT2D eigenvalue weighted by Crippen LogP contribution is -2.47. The summed E-state index contributed by atoms with van der Waals surface area (Å²) >= 11 is 0. The molecule has 64 valence electrons. The molecule has 0 aromatic rings. The van der Waals surface area contributed by atoms with Crippen LogP contribution in [0.3, 0.4) is 0 Å². The largest absolute Gasteiger partial charge is 0.366 e. The van der Waals surface area contributed by atoms with Gasteiger partial charge in [0.15, 0.2) is 0 Å². The first kappa shape index (κ1) is 7.56. The van der Waals surface area contributed by atoms with E-state index < -0.39 is 0 Å². The molecule has 2 nitrogen and oxygen atoms in total. The Bertz CT molecular complexity index is 136. The Labute approximate surface area is 68.5 Å². The summed E-state index contributed by atoms with van der Waals surface area (Å²) in [6.45, 7) is 1.86. The fourth-order valence-electron chi connectivity index (χ4n) is 2.41. The third-order valence-electron chi connectivity index (χ3n) is 3.06. The molecule has 2 atom stereocenters. The highest BCUT2D eigenvalue weighted by atomic mass is 16.5. The molecule has 0 N–H and O–H groups in total. The first-order chi connectivity index (χ1) is 5.38. The lowest BCUT2D eigenvalue weighted by molar-refractivity contribution is -0.0831. The fourth-order valence-corrected chi connectivity index (χ4v) is 2.41. The lowest BCUT2D eigenvalue weighted by atomic mass is 9.84. The Morgan fingerprint density at radius 3 is 2.91 bits per heavy atom. The highest BCUT2D eigenvalue weighted by molar-refractivity contribution is 4.83. The molecule has 0 aromatic carbocycles. The van der Waals surface area contributed by atoms with E-state index in [0.717, 1.165) is 25.3 Å². The van der Waals surface area contributed by atoms with Crippen LogP contribution in [0, 0.1) is 5.92 Å². The van der Waals surface area contributed by atoms with Crippen molar-refractivity contribution in [3.8, 4) is 0 Å². The van der Waals surface area contributed by atoms with Gasteiger partial charge < -0.3 is 4.74 Å². The highest BCUT2D eigenvalue weighted by Gasteiger charge is 2.31. The van der Waals surface area contributed by atoms with E-state index in [1.807, 2.05) is 0 Å². The van der Waals surface area contributed by atoms with Crippen molar-refractivity contribution in [2.45, 2.75) is 31.7 Å². The van der Waals surface area contributed by atoms with Gasteiger partial charge in [-0.2, -0.15) is 0 Å². The molecular weight excluding hydrogens is 138 g/mol. The van der Waals surface area contributed by atoms with Crippen molar-refractivity contribution in [3.63, 3.8) is 0 Å².